The normalized spacial score (nSPS) is 11.3. The van der Waals surface area contributed by atoms with Crippen molar-refractivity contribution in [3.63, 3.8) is 0 Å². The predicted octanol–water partition coefficient (Wildman–Crippen LogP) is 3.35. The molecule has 0 atom stereocenters. The molecule has 0 aliphatic carbocycles. The average molecular weight is 408 g/mol. The van der Waals surface area contributed by atoms with Crippen LogP contribution in [0.5, 0.6) is 0 Å². The van der Waals surface area contributed by atoms with Crippen LogP contribution in [0.4, 0.5) is 0 Å². The van der Waals surface area contributed by atoms with Crippen molar-refractivity contribution in [1.29, 1.82) is 0 Å². The lowest BCUT2D eigenvalue weighted by atomic mass is 10.2. The zero-order valence-corrected chi connectivity index (χ0v) is 18.2. The van der Waals surface area contributed by atoms with E-state index < -0.39 is 0 Å². The molecule has 0 aliphatic heterocycles. The van der Waals surface area contributed by atoms with Gasteiger partial charge in [-0.25, -0.2) is 4.98 Å². The highest BCUT2D eigenvalue weighted by atomic mass is 16.2. The van der Waals surface area contributed by atoms with Gasteiger partial charge in [-0.3, -0.25) is 14.6 Å². The van der Waals surface area contributed by atoms with Crippen LogP contribution in [0.3, 0.4) is 0 Å². The lowest BCUT2D eigenvalue weighted by Crippen LogP contribution is -2.44. The SMILES string of the molecule is CC(C)N(C(=O)Cn1c(CN(C)C(=O)c2ccncc2)nc2ccccc21)C(C)C. The molecule has 158 valence electrons. The van der Waals surface area contributed by atoms with Crippen LogP contribution in [0.15, 0.2) is 48.8 Å². The van der Waals surface area contributed by atoms with E-state index in [-0.39, 0.29) is 30.4 Å². The first-order valence-electron chi connectivity index (χ1n) is 10.2. The lowest BCUT2D eigenvalue weighted by Gasteiger charge is -2.31. The summed E-state index contributed by atoms with van der Waals surface area (Å²) in [4.78, 5) is 38.1. The van der Waals surface area contributed by atoms with Crippen LogP contribution in [0.2, 0.25) is 0 Å². The van der Waals surface area contributed by atoms with Crippen molar-refractivity contribution in [2.24, 2.45) is 0 Å². The maximum atomic E-state index is 13.1. The Bertz CT molecular complexity index is 1020. The Balaban J connectivity index is 1.92. The molecule has 2 amide bonds. The minimum Gasteiger partial charge on any atom is -0.336 e. The summed E-state index contributed by atoms with van der Waals surface area (Å²) in [5.41, 5.74) is 2.26. The van der Waals surface area contributed by atoms with Gasteiger partial charge in [0, 0.05) is 37.1 Å². The van der Waals surface area contributed by atoms with Gasteiger partial charge < -0.3 is 14.4 Å². The number of pyridine rings is 1. The number of carbonyl (C=O) groups is 2. The summed E-state index contributed by atoms with van der Waals surface area (Å²) in [5.74, 6) is 0.600. The first kappa shape index (κ1) is 21.5. The molecule has 1 aromatic carbocycles. The third-order valence-corrected chi connectivity index (χ3v) is 5.08. The van der Waals surface area contributed by atoms with Crippen molar-refractivity contribution in [3.8, 4) is 0 Å². The topological polar surface area (TPSA) is 71.3 Å². The van der Waals surface area contributed by atoms with Gasteiger partial charge in [0.25, 0.3) is 5.91 Å². The Morgan fingerprint density at radius 1 is 1.00 bits per heavy atom. The second-order valence-electron chi connectivity index (χ2n) is 7.99. The molecule has 7 heteroatoms. The first-order valence-corrected chi connectivity index (χ1v) is 10.2. The van der Waals surface area contributed by atoms with Crippen LogP contribution >= 0.6 is 0 Å². The quantitative estimate of drug-likeness (QED) is 0.602. The van der Waals surface area contributed by atoms with E-state index in [0.29, 0.717) is 17.9 Å². The minimum absolute atomic E-state index is 0.0347. The molecular weight excluding hydrogens is 378 g/mol. The molecule has 30 heavy (non-hydrogen) atoms. The third-order valence-electron chi connectivity index (χ3n) is 5.08. The summed E-state index contributed by atoms with van der Waals surface area (Å²) in [6, 6.07) is 11.3. The van der Waals surface area contributed by atoms with Gasteiger partial charge >= 0.3 is 0 Å². The maximum Gasteiger partial charge on any atom is 0.254 e. The molecule has 0 saturated carbocycles. The molecule has 0 spiro atoms. The Labute approximate surface area is 177 Å². The highest BCUT2D eigenvalue weighted by Crippen LogP contribution is 2.19. The fourth-order valence-corrected chi connectivity index (χ4v) is 3.81. The standard InChI is InChI=1S/C23H29N5O2/c1-16(2)28(17(3)4)22(29)15-27-20-9-7-6-8-19(20)25-21(27)14-26(5)23(30)18-10-12-24-13-11-18/h6-13,16-17H,14-15H2,1-5H3. The molecule has 0 radical (unpaired) electrons. The Hall–Kier alpha value is -3.22. The number of fused-ring (bicyclic) bond motifs is 1. The van der Waals surface area contributed by atoms with E-state index in [4.69, 9.17) is 4.98 Å². The van der Waals surface area contributed by atoms with E-state index in [1.54, 1.807) is 36.5 Å². The van der Waals surface area contributed by atoms with Gasteiger partial charge in [0.15, 0.2) is 0 Å². The Kier molecular flexibility index (Phi) is 6.50. The second-order valence-corrected chi connectivity index (χ2v) is 7.99. The predicted molar refractivity (Wildman–Crippen MR) is 117 cm³/mol. The highest BCUT2D eigenvalue weighted by Gasteiger charge is 2.23. The first-order chi connectivity index (χ1) is 14.3. The van der Waals surface area contributed by atoms with E-state index >= 15 is 0 Å². The fourth-order valence-electron chi connectivity index (χ4n) is 3.81. The number of benzene rings is 1. The summed E-state index contributed by atoms with van der Waals surface area (Å²) < 4.78 is 1.92. The number of hydrogen-bond donors (Lipinski definition) is 0. The molecule has 0 unspecified atom stereocenters. The van der Waals surface area contributed by atoms with Crippen LogP contribution in [0.1, 0.15) is 43.9 Å². The molecule has 0 aliphatic rings. The zero-order valence-electron chi connectivity index (χ0n) is 18.2. The lowest BCUT2D eigenvalue weighted by molar-refractivity contribution is -0.135. The molecule has 0 fully saturated rings. The van der Waals surface area contributed by atoms with Gasteiger partial charge in [0.1, 0.15) is 12.4 Å². The van der Waals surface area contributed by atoms with Crippen LogP contribution in [-0.4, -0.2) is 55.3 Å². The fraction of sp³-hybridized carbons (Fsp3) is 0.391. The number of hydrogen-bond acceptors (Lipinski definition) is 4. The zero-order chi connectivity index (χ0) is 21.8. The van der Waals surface area contributed by atoms with E-state index in [0.717, 1.165) is 11.0 Å². The van der Waals surface area contributed by atoms with E-state index in [1.807, 2.05) is 61.4 Å². The van der Waals surface area contributed by atoms with Crippen molar-refractivity contribution in [2.45, 2.75) is 52.9 Å². The molecule has 0 N–H and O–H groups in total. The number of carbonyl (C=O) groups excluding carboxylic acids is 2. The highest BCUT2D eigenvalue weighted by molar-refractivity contribution is 5.93. The molecule has 3 rings (SSSR count). The summed E-state index contributed by atoms with van der Waals surface area (Å²) in [6.45, 7) is 8.56. The monoisotopic (exact) mass is 407 g/mol. The molecule has 0 saturated heterocycles. The Morgan fingerprint density at radius 2 is 1.63 bits per heavy atom. The Morgan fingerprint density at radius 3 is 2.27 bits per heavy atom. The summed E-state index contributed by atoms with van der Waals surface area (Å²) >= 11 is 0. The number of imidazole rings is 1. The molecule has 2 heterocycles. The molecular formula is C23H29N5O2. The van der Waals surface area contributed by atoms with Crippen LogP contribution in [-0.2, 0) is 17.9 Å². The van der Waals surface area contributed by atoms with Gasteiger partial charge in [-0.05, 0) is 52.0 Å². The third kappa shape index (κ3) is 4.50. The van der Waals surface area contributed by atoms with Gasteiger partial charge in [-0.1, -0.05) is 12.1 Å². The van der Waals surface area contributed by atoms with Gasteiger partial charge in [-0.2, -0.15) is 0 Å². The van der Waals surface area contributed by atoms with Crippen molar-refractivity contribution in [1.82, 2.24) is 24.3 Å². The second kappa shape index (κ2) is 9.07. The van der Waals surface area contributed by atoms with Crippen molar-refractivity contribution >= 4 is 22.8 Å². The molecule has 7 nitrogen and oxygen atoms in total. The molecule has 2 aromatic heterocycles. The maximum absolute atomic E-state index is 13.1. The number of aromatic nitrogens is 3. The van der Waals surface area contributed by atoms with Crippen LogP contribution in [0.25, 0.3) is 11.0 Å². The number of rotatable bonds is 7. The number of para-hydroxylation sites is 2. The average Bonchev–Trinajstić information content (AvgIpc) is 3.04. The smallest absolute Gasteiger partial charge is 0.254 e. The summed E-state index contributed by atoms with van der Waals surface area (Å²) in [6.07, 6.45) is 3.20. The van der Waals surface area contributed by atoms with E-state index in [9.17, 15) is 9.59 Å². The number of nitrogens with zero attached hydrogens (tertiary/aromatic N) is 5. The van der Waals surface area contributed by atoms with Gasteiger partial charge in [0.05, 0.1) is 17.6 Å². The van der Waals surface area contributed by atoms with Crippen molar-refractivity contribution in [3.05, 3.63) is 60.2 Å². The van der Waals surface area contributed by atoms with Crippen LogP contribution in [0, 0.1) is 0 Å². The van der Waals surface area contributed by atoms with Crippen molar-refractivity contribution < 1.29 is 9.59 Å². The van der Waals surface area contributed by atoms with Gasteiger partial charge in [0.2, 0.25) is 5.91 Å². The van der Waals surface area contributed by atoms with E-state index in [2.05, 4.69) is 4.98 Å². The van der Waals surface area contributed by atoms with E-state index in [1.165, 1.54) is 0 Å². The number of amides is 2. The summed E-state index contributed by atoms with van der Waals surface area (Å²) in [5, 5.41) is 0. The summed E-state index contributed by atoms with van der Waals surface area (Å²) in [7, 11) is 1.74. The molecule has 0 bridgehead atoms. The van der Waals surface area contributed by atoms with Gasteiger partial charge in [-0.15, -0.1) is 0 Å². The van der Waals surface area contributed by atoms with Crippen molar-refractivity contribution in [2.75, 3.05) is 7.05 Å². The van der Waals surface area contributed by atoms with Crippen LogP contribution < -0.4 is 0 Å². The largest absolute Gasteiger partial charge is 0.336 e. The minimum atomic E-state index is -0.117. The molecule has 3 aromatic rings.